The van der Waals surface area contributed by atoms with Crippen molar-refractivity contribution in [3.05, 3.63) is 24.3 Å². The minimum Gasteiger partial charge on any atom is -0.261 e. The van der Waals surface area contributed by atoms with E-state index in [0.29, 0.717) is 0 Å². The summed E-state index contributed by atoms with van der Waals surface area (Å²) in [5.74, 6) is 0. The lowest BCUT2D eigenvalue weighted by Gasteiger charge is -2.03. The molecule has 0 atom stereocenters. The first-order valence-electron chi connectivity index (χ1n) is 10.7. The molecule has 1 aromatic heterocycles. The standard InChI is InChI=1S/C22H40N2/c1-2-3-4-5-6-7-8-9-10-11-12-13-14-15-16-17-18-22-21-23-19-20-24-22/h19-21H,2-18H2,1H3. The zero-order chi connectivity index (χ0) is 17.1. The number of hydrogen-bond donors (Lipinski definition) is 0. The Morgan fingerprint density at radius 1 is 0.583 bits per heavy atom. The van der Waals surface area contributed by atoms with E-state index in [1.54, 1.807) is 12.4 Å². The molecule has 24 heavy (non-hydrogen) atoms. The number of aryl methyl sites for hydroxylation is 1. The molecule has 0 N–H and O–H groups in total. The van der Waals surface area contributed by atoms with Crippen LogP contribution in [-0.4, -0.2) is 9.97 Å². The second-order valence-corrected chi connectivity index (χ2v) is 7.25. The Morgan fingerprint density at radius 3 is 1.46 bits per heavy atom. The fourth-order valence-corrected chi connectivity index (χ4v) is 3.31. The average Bonchev–Trinajstić information content (AvgIpc) is 2.62. The molecule has 0 fully saturated rings. The Bertz CT molecular complexity index is 350. The Labute approximate surface area is 150 Å². The van der Waals surface area contributed by atoms with E-state index in [1.807, 2.05) is 6.20 Å². The van der Waals surface area contributed by atoms with Crippen molar-refractivity contribution < 1.29 is 0 Å². The van der Waals surface area contributed by atoms with Gasteiger partial charge in [-0.25, -0.2) is 0 Å². The summed E-state index contributed by atoms with van der Waals surface area (Å²) in [6, 6.07) is 0. The number of unbranched alkanes of at least 4 members (excludes halogenated alkanes) is 15. The van der Waals surface area contributed by atoms with Gasteiger partial charge in [0.2, 0.25) is 0 Å². The Hall–Kier alpha value is -0.920. The molecule has 1 heterocycles. The van der Waals surface area contributed by atoms with Gasteiger partial charge in [-0.2, -0.15) is 0 Å². The first-order valence-corrected chi connectivity index (χ1v) is 10.7. The number of hydrogen-bond acceptors (Lipinski definition) is 2. The van der Waals surface area contributed by atoms with E-state index < -0.39 is 0 Å². The van der Waals surface area contributed by atoms with Crippen LogP contribution in [-0.2, 0) is 6.42 Å². The van der Waals surface area contributed by atoms with Crippen molar-refractivity contribution in [3.63, 3.8) is 0 Å². The van der Waals surface area contributed by atoms with Gasteiger partial charge in [0.25, 0.3) is 0 Å². The van der Waals surface area contributed by atoms with E-state index in [0.717, 1.165) is 12.1 Å². The summed E-state index contributed by atoms with van der Waals surface area (Å²) in [7, 11) is 0. The molecular formula is C22H40N2. The van der Waals surface area contributed by atoms with Crippen LogP contribution in [0.25, 0.3) is 0 Å². The normalized spacial score (nSPS) is 11.0. The van der Waals surface area contributed by atoms with Crippen molar-refractivity contribution in [2.24, 2.45) is 0 Å². The van der Waals surface area contributed by atoms with Crippen molar-refractivity contribution in [1.82, 2.24) is 9.97 Å². The van der Waals surface area contributed by atoms with Gasteiger partial charge in [0.15, 0.2) is 0 Å². The monoisotopic (exact) mass is 332 g/mol. The van der Waals surface area contributed by atoms with Crippen molar-refractivity contribution in [3.8, 4) is 0 Å². The molecule has 0 aromatic carbocycles. The average molecular weight is 333 g/mol. The van der Waals surface area contributed by atoms with Crippen LogP contribution in [0.5, 0.6) is 0 Å². The Morgan fingerprint density at radius 2 is 1.04 bits per heavy atom. The summed E-state index contributed by atoms with van der Waals surface area (Å²) in [5, 5.41) is 0. The minimum absolute atomic E-state index is 1.09. The lowest BCUT2D eigenvalue weighted by atomic mass is 10.0. The molecular weight excluding hydrogens is 292 g/mol. The molecule has 138 valence electrons. The highest BCUT2D eigenvalue weighted by Gasteiger charge is 1.96. The van der Waals surface area contributed by atoms with Crippen LogP contribution in [0.2, 0.25) is 0 Å². The molecule has 2 nitrogen and oxygen atoms in total. The first-order chi connectivity index (χ1) is 11.9. The van der Waals surface area contributed by atoms with Crippen LogP contribution in [0.4, 0.5) is 0 Å². The molecule has 0 bridgehead atoms. The van der Waals surface area contributed by atoms with Crippen LogP contribution in [0.1, 0.15) is 115 Å². The number of aromatic nitrogens is 2. The Kier molecular flexibility index (Phi) is 14.9. The van der Waals surface area contributed by atoms with Gasteiger partial charge in [-0.05, 0) is 12.8 Å². The molecule has 1 rings (SSSR count). The fourth-order valence-electron chi connectivity index (χ4n) is 3.31. The van der Waals surface area contributed by atoms with Gasteiger partial charge >= 0.3 is 0 Å². The molecule has 1 aromatic rings. The molecule has 0 spiro atoms. The quantitative estimate of drug-likeness (QED) is 0.280. The largest absolute Gasteiger partial charge is 0.261 e. The van der Waals surface area contributed by atoms with Gasteiger partial charge in [-0.3, -0.25) is 9.97 Å². The van der Waals surface area contributed by atoms with E-state index in [9.17, 15) is 0 Å². The van der Waals surface area contributed by atoms with Crippen molar-refractivity contribution in [2.45, 2.75) is 116 Å². The molecule has 0 unspecified atom stereocenters. The minimum atomic E-state index is 1.09. The molecule has 0 saturated heterocycles. The third kappa shape index (κ3) is 13.5. The summed E-state index contributed by atoms with van der Waals surface area (Å²) in [4.78, 5) is 8.44. The zero-order valence-electron chi connectivity index (χ0n) is 16.1. The van der Waals surface area contributed by atoms with Crippen LogP contribution in [0.15, 0.2) is 18.6 Å². The lowest BCUT2D eigenvalue weighted by molar-refractivity contribution is 0.529. The van der Waals surface area contributed by atoms with E-state index in [2.05, 4.69) is 16.9 Å². The van der Waals surface area contributed by atoms with Gasteiger partial charge in [0.1, 0.15) is 0 Å². The molecule has 0 aliphatic carbocycles. The third-order valence-electron chi connectivity index (χ3n) is 4.90. The maximum absolute atomic E-state index is 4.32. The van der Waals surface area contributed by atoms with Crippen molar-refractivity contribution in [2.75, 3.05) is 0 Å². The highest BCUT2D eigenvalue weighted by atomic mass is 14.8. The molecule has 0 saturated carbocycles. The predicted molar refractivity (Wildman–Crippen MR) is 105 cm³/mol. The van der Waals surface area contributed by atoms with Crippen LogP contribution >= 0.6 is 0 Å². The van der Waals surface area contributed by atoms with E-state index in [1.165, 1.54) is 103 Å². The molecule has 0 aliphatic heterocycles. The molecule has 2 heteroatoms. The predicted octanol–water partition coefficient (Wildman–Crippen LogP) is 7.28. The second-order valence-electron chi connectivity index (χ2n) is 7.25. The zero-order valence-corrected chi connectivity index (χ0v) is 16.1. The summed E-state index contributed by atoms with van der Waals surface area (Å²) in [6.07, 6.45) is 29.3. The van der Waals surface area contributed by atoms with Gasteiger partial charge in [0.05, 0.1) is 5.69 Å². The molecule has 0 radical (unpaired) electrons. The summed E-state index contributed by atoms with van der Waals surface area (Å²) < 4.78 is 0. The fraction of sp³-hybridized carbons (Fsp3) is 0.818. The molecule has 0 amide bonds. The summed E-state index contributed by atoms with van der Waals surface area (Å²) in [6.45, 7) is 2.29. The van der Waals surface area contributed by atoms with E-state index in [-0.39, 0.29) is 0 Å². The highest BCUT2D eigenvalue weighted by Crippen LogP contribution is 2.14. The Balaban J connectivity index is 1.70. The van der Waals surface area contributed by atoms with Gasteiger partial charge in [0, 0.05) is 18.6 Å². The van der Waals surface area contributed by atoms with Gasteiger partial charge in [-0.15, -0.1) is 0 Å². The third-order valence-corrected chi connectivity index (χ3v) is 4.90. The lowest BCUT2D eigenvalue weighted by Crippen LogP contribution is -1.90. The first kappa shape index (κ1) is 21.1. The van der Waals surface area contributed by atoms with E-state index >= 15 is 0 Å². The maximum Gasteiger partial charge on any atom is 0.0586 e. The van der Waals surface area contributed by atoms with Gasteiger partial charge in [-0.1, -0.05) is 103 Å². The number of nitrogens with zero attached hydrogens (tertiary/aromatic N) is 2. The highest BCUT2D eigenvalue weighted by molar-refractivity contribution is 4.94. The maximum atomic E-state index is 4.32. The van der Waals surface area contributed by atoms with Crippen molar-refractivity contribution >= 4 is 0 Å². The van der Waals surface area contributed by atoms with Crippen molar-refractivity contribution in [1.29, 1.82) is 0 Å². The topological polar surface area (TPSA) is 25.8 Å². The molecule has 0 aliphatic rings. The van der Waals surface area contributed by atoms with Gasteiger partial charge < -0.3 is 0 Å². The SMILES string of the molecule is CCCCCCCCCCCCCCCCCCc1cnccn1. The van der Waals surface area contributed by atoms with E-state index in [4.69, 9.17) is 0 Å². The van der Waals surface area contributed by atoms with Crippen LogP contribution < -0.4 is 0 Å². The second kappa shape index (κ2) is 16.9. The summed E-state index contributed by atoms with van der Waals surface area (Å²) in [5.41, 5.74) is 1.14. The summed E-state index contributed by atoms with van der Waals surface area (Å²) >= 11 is 0. The van der Waals surface area contributed by atoms with Crippen LogP contribution in [0, 0.1) is 0 Å². The van der Waals surface area contributed by atoms with Crippen LogP contribution in [0.3, 0.4) is 0 Å². The number of rotatable bonds is 17. The smallest absolute Gasteiger partial charge is 0.0586 e.